The first-order valence-electron chi connectivity index (χ1n) is 5.70. The highest BCUT2D eigenvalue weighted by atomic mass is 35.5. The van der Waals surface area contributed by atoms with E-state index in [1.54, 1.807) is 24.3 Å². The molecule has 0 aliphatic rings. The molecule has 0 bridgehead atoms. The van der Waals surface area contributed by atoms with Crippen molar-refractivity contribution in [3.63, 3.8) is 0 Å². The number of rotatable bonds is 4. The zero-order valence-electron chi connectivity index (χ0n) is 10.5. The maximum Gasteiger partial charge on any atom is 0.288 e. The molecule has 0 atom stereocenters. The molecule has 0 unspecified atom stereocenters. The molecule has 0 fully saturated rings. The number of carbonyl (C=O) groups excluding carboxylic acids is 1. The summed E-state index contributed by atoms with van der Waals surface area (Å²) in [5, 5.41) is 10.6. The number of nitrogens with zero attached hydrogens (tertiary/aromatic N) is 1. The van der Waals surface area contributed by atoms with Gasteiger partial charge in [0.15, 0.2) is 5.78 Å². The summed E-state index contributed by atoms with van der Waals surface area (Å²) >= 11 is 5.80. The van der Waals surface area contributed by atoms with E-state index >= 15 is 0 Å². The highest BCUT2D eigenvalue weighted by molar-refractivity contribution is 6.32. The summed E-state index contributed by atoms with van der Waals surface area (Å²) in [6.45, 7) is 1.46. The topological polar surface area (TPSA) is 69.4 Å². The minimum atomic E-state index is -0.567. The Balaban J connectivity index is 2.26. The molecule has 0 saturated carbocycles. The fraction of sp³-hybridized carbons (Fsp3) is 0.0714. The lowest BCUT2D eigenvalue weighted by Gasteiger charge is -2.07. The van der Waals surface area contributed by atoms with Crippen LogP contribution in [0.1, 0.15) is 17.3 Å². The third kappa shape index (κ3) is 3.13. The molecule has 0 aliphatic carbocycles. The van der Waals surface area contributed by atoms with E-state index in [2.05, 4.69) is 0 Å². The fourth-order valence-electron chi connectivity index (χ4n) is 1.61. The molecular formula is C14H10ClNO4. The lowest BCUT2D eigenvalue weighted by Crippen LogP contribution is -1.93. The van der Waals surface area contributed by atoms with Crippen LogP contribution in [0.3, 0.4) is 0 Å². The Labute approximate surface area is 119 Å². The molecule has 20 heavy (non-hydrogen) atoms. The van der Waals surface area contributed by atoms with Crippen molar-refractivity contribution in [2.24, 2.45) is 0 Å². The quantitative estimate of drug-likeness (QED) is 0.480. The van der Waals surface area contributed by atoms with Gasteiger partial charge in [0.05, 0.1) is 4.92 Å². The molecule has 2 rings (SSSR count). The number of hydrogen-bond donors (Lipinski definition) is 0. The molecule has 0 saturated heterocycles. The molecule has 0 heterocycles. The van der Waals surface area contributed by atoms with Gasteiger partial charge in [-0.05, 0) is 25.1 Å². The lowest BCUT2D eigenvalue weighted by atomic mass is 10.1. The number of hydrogen-bond acceptors (Lipinski definition) is 4. The van der Waals surface area contributed by atoms with Gasteiger partial charge in [-0.2, -0.15) is 0 Å². The van der Waals surface area contributed by atoms with Gasteiger partial charge in [0, 0.05) is 17.7 Å². The maximum absolute atomic E-state index is 11.3. The van der Waals surface area contributed by atoms with E-state index in [0.717, 1.165) is 0 Å². The molecule has 0 aromatic heterocycles. The summed E-state index contributed by atoms with van der Waals surface area (Å²) in [7, 11) is 0. The highest BCUT2D eigenvalue weighted by Crippen LogP contribution is 2.31. The Morgan fingerprint density at radius 2 is 1.90 bits per heavy atom. The monoisotopic (exact) mass is 291 g/mol. The average molecular weight is 292 g/mol. The fourth-order valence-corrected chi connectivity index (χ4v) is 1.85. The van der Waals surface area contributed by atoms with Crippen molar-refractivity contribution in [2.75, 3.05) is 0 Å². The second kappa shape index (κ2) is 5.71. The Hall–Kier alpha value is -2.40. The van der Waals surface area contributed by atoms with Crippen molar-refractivity contribution >= 4 is 23.1 Å². The largest absolute Gasteiger partial charge is 0.457 e. The minimum Gasteiger partial charge on any atom is -0.457 e. The molecule has 6 heteroatoms. The van der Waals surface area contributed by atoms with Crippen LogP contribution in [0.2, 0.25) is 5.02 Å². The van der Waals surface area contributed by atoms with Crippen LogP contribution in [0.5, 0.6) is 11.5 Å². The number of halogens is 1. The SMILES string of the molecule is CC(=O)c1cccc(Oc2ccc([N+](=O)[O-])c(Cl)c2)c1. The number of nitro benzene ring substituents is 1. The van der Waals surface area contributed by atoms with Gasteiger partial charge in [-0.1, -0.05) is 23.7 Å². The van der Waals surface area contributed by atoms with E-state index in [0.29, 0.717) is 17.1 Å². The summed E-state index contributed by atoms with van der Waals surface area (Å²) in [4.78, 5) is 21.4. The normalized spacial score (nSPS) is 10.1. The molecule has 0 N–H and O–H groups in total. The number of benzene rings is 2. The van der Waals surface area contributed by atoms with Gasteiger partial charge in [0.2, 0.25) is 0 Å². The lowest BCUT2D eigenvalue weighted by molar-refractivity contribution is -0.384. The van der Waals surface area contributed by atoms with Gasteiger partial charge in [0.25, 0.3) is 5.69 Å². The van der Waals surface area contributed by atoms with Crippen LogP contribution in [0.25, 0.3) is 0 Å². The molecule has 2 aromatic rings. The number of ether oxygens (including phenoxy) is 1. The standard InChI is InChI=1S/C14H10ClNO4/c1-9(17)10-3-2-4-11(7-10)20-12-5-6-14(16(18)19)13(15)8-12/h2-8H,1H3. The van der Waals surface area contributed by atoms with Crippen molar-refractivity contribution in [2.45, 2.75) is 6.92 Å². The van der Waals surface area contributed by atoms with Crippen molar-refractivity contribution in [1.82, 2.24) is 0 Å². The Morgan fingerprint density at radius 3 is 2.50 bits per heavy atom. The van der Waals surface area contributed by atoms with Gasteiger partial charge >= 0.3 is 0 Å². The minimum absolute atomic E-state index is 0.00442. The Bertz CT molecular complexity index is 685. The summed E-state index contributed by atoms with van der Waals surface area (Å²) in [5.74, 6) is 0.751. The van der Waals surface area contributed by atoms with Crippen molar-refractivity contribution in [1.29, 1.82) is 0 Å². The van der Waals surface area contributed by atoms with Gasteiger partial charge in [-0.15, -0.1) is 0 Å². The third-order valence-corrected chi connectivity index (χ3v) is 2.89. The Kier molecular flexibility index (Phi) is 4.00. The van der Waals surface area contributed by atoms with E-state index in [-0.39, 0.29) is 16.5 Å². The van der Waals surface area contributed by atoms with Crippen LogP contribution in [0.4, 0.5) is 5.69 Å². The van der Waals surface area contributed by atoms with Crippen LogP contribution in [0.15, 0.2) is 42.5 Å². The first-order valence-corrected chi connectivity index (χ1v) is 6.08. The molecule has 2 aromatic carbocycles. The van der Waals surface area contributed by atoms with E-state index in [9.17, 15) is 14.9 Å². The van der Waals surface area contributed by atoms with Crippen LogP contribution in [-0.2, 0) is 0 Å². The molecule has 0 amide bonds. The Morgan fingerprint density at radius 1 is 1.20 bits per heavy atom. The third-order valence-electron chi connectivity index (χ3n) is 2.59. The first-order chi connectivity index (χ1) is 9.47. The molecule has 5 nitrogen and oxygen atoms in total. The number of carbonyl (C=O) groups is 1. The van der Waals surface area contributed by atoms with Crippen molar-refractivity contribution in [3.8, 4) is 11.5 Å². The first kappa shape index (κ1) is 14.0. The summed E-state index contributed by atoms with van der Waals surface area (Å²) < 4.78 is 5.53. The number of nitro groups is 1. The van der Waals surface area contributed by atoms with Gasteiger partial charge in [-0.3, -0.25) is 14.9 Å². The van der Waals surface area contributed by atoms with Gasteiger partial charge < -0.3 is 4.74 Å². The van der Waals surface area contributed by atoms with Gasteiger partial charge in [0.1, 0.15) is 16.5 Å². The van der Waals surface area contributed by atoms with Crippen LogP contribution in [0, 0.1) is 10.1 Å². The predicted molar refractivity (Wildman–Crippen MR) is 74.6 cm³/mol. The average Bonchev–Trinajstić information content (AvgIpc) is 2.38. The summed E-state index contributed by atoms with van der Waals surface area (Å²) in [5.41, 5.74) is 0.340. The van der Waals surface area contributed by atoms with Gasteiger partial charge in [-0.25, -0.2) is 0 Å². The molecule has 0 aliphatic heterocycles. The van der Waals surface area contributed by atoms with E-state index in [4.69, 9.17) is 16.3 Å². The zero-order valence-corrected chi connectivity index (χ0v) is 11.3. The molecule has 102 valence electrons. The molecule has 0 radical (unpaired) electrons. The van der Waals surface area contributed by atoms with Crippen molar-refractivity contribution in [3.05, 3.63) is 63.2 Å². The van der Waals surface area contributed by atoms with Crippen LogP contribution in [-0.4, -0.2) is 10.7 Å². The summed E-state index contributed by atoms with van der Waals surface area (Å²) in [6, 6.07) is 10.7. The summed E-state index contributed by atoms with van der Waals surface area (Å²) in [6.07, 6.45) is 0. The number of ketones is 1. The van der Waals surface area contributed by atoms with E-state index in [1.807, 2.05) is 0 Å². The maximum atomic E-state index is 11.3. The zero-order chi connectivity index (χ0) is 14.7. The molecule has 0 spiro atoms. The number of Topliss-reactive ketones (excluding diaryl/α,β-unsaturated/α-hetero) is 1. The second-order valence-electron chi connectivity index (χ2n) is 4.06. The molecular weight excluding hydrogens is 282 g/mol. The smallest absolute Gasteiger partial charge is 0.288 e. The van der Waals surface area contributed by atoms with E-state index in [1.165, 1.54) is 25.1 Å². The predicted octanol–water partition coefficient (Wildman–Crippen LogP) is 4.24. The highest BCUT2D eigenvalue weighted by Gasteiger charge is 2.13. The van der Waals surface area contributed by atoms with Crippen LogP contribution >= 0.6 is 11.6 Å². The van der Waals surface area contributed by atoms with Crippen molar-refractivity contribution < 1.29 is 14.5 Å². The second-order valence-corrected chi connectivity index (χ2v) is 4.46. The van der Waals surface area contributed by atoms with E-state index < -0.39 is 4.92 Å². The van der Waals surface area contributed by atoms with Crippen LogP contribution < -0.4 is 4.74 Å².